The Bertz CT molecular complexity index is 613. The molecule has 0 aliphatic heterocycles. The molecule has 1 aromatic heterocycles. The third-order valence-corrected chi connectivity index (χ3v) is 3.44. The molecule has 0 aliphatic carbocycles. The first-order chi connectivity index (χ1) is 10.1. The van der Waals surface area contributed by atoms with E-state index in [0.717, 1.165) is 12.0 Å². The maximum atomic E-state index is 11.9. The highest BCUT2D eigenvalue weighted by Crippen LogP contribution is 2.16. The largest absolute Gasteiger partial charge is 0.352 e. The molecule has 0 spiro atoms. The highest BCUT2D eigenvalue weighted by atomic mass is 35.5. The average molecular weight is 343 g/mol. The Kier molecular flexibility index (Phi) is 7.38. The Morgan fingerprint density at radius 3 is 2.86 bits per heavy atom. The Morgan fingerprint density at radius 1 is 1.45 bits per heavy atom. The number of hydrogen-bond acceptors (Lipinski definition) is 3. The zero-order valence-electron chi connectivity index (χ0n) is 12.3. The number of carbonyl (C=O) groups excluding carboxylic acids is 1. The van der Waals surface area contributed by atoms with Crippen molar-refractivity contribution in [3.05, 3.63) is 52.8 Å². The minimum Gasteiger partial charge on any atom is -0.352 e. The molecule has 120 valence electrons. The SMILES string of the molecule is CC(N)CCNC(=O)c1cnn(Cc2ccccc2Cl)c1.Cl. The van der Waals surface area contributed by atoms with Crippen LogP contribution in [0.25, 0.3) is 0 Å². The average Bonchev–Trinajstić information content (AvgIpc) is 2.89. The second-order valence-electron chi connectivity index (χ2n) is 5.04. The number of benzene rings is 1. The minimum atomic E-state index is -0.138. The molecule has 7 heteroatoms. The Labute approximate surface area is 141 Å². The van der Waals surface area contributed by atoms with Gasteiger partial charge < -0.3 is 11.1 Å². The fourth-order valence-electron chi connectivity index (χ4n) is 1.88. The number of nitrogens with zero attached hydrogens (tertiary/aromatic N) is 2. The van der Waals surface area contributed by atoms with Gasteiger partial charge in [-0.2, -0.15) is 5.10 Å². The van der Waals surface area contributed by atoms with Crippen LogP contribution in [-0.4, -0.2) is 28.3 Å². The molecule has 0 saturated carbocycles. The van der Waals surface area contributed by atoms with Crippen LogP contribution in [0, 0.1) is 0 Å². The molecule has 0 radical (unpaired) electrons. The third-order valence-electron chi connectivity index (χ3n) is 3.07. The summed E-state index contributed by atoms with van der Waals surface area (Å²) >= 11 is 6.11. The normalized spacial score (nSPS) is 11.6. The smallest absolute Gasteiger partial charge is 0.254 e. The van der Waals surface area contributed by atoms with Crippen LogP contribution in [-0.2, 0) is 6.54 Å². The predicted octanol–water partition coefficient (Wildman–Crippen LogP) is 2.47. The van der Waals surface area contributed by atoms with Crippen LogP contribution in [0.3, 0.4) is 0 Å². The summed E-state index contributed by atoms with van der Waals surface area (Å²) in [5.74, 6) is -0.138. The van der Waals surface area contributed by atoms with E-state index < -0.39 is 0 Å². The summed E-state index contributed by atoms with van der Waals surface area (Å²) < 4.78 is 1.70. The summed E-state index contributed by atoms with van der Waals surface area (Å²) in [4.78, 5) is 11.9. The zero-order valence-corrected chi connectivity index (χ0v) is 13.9. The molecule has 1 unspecified atom stereocenters. The summed E-state index contributed by atoms with van der Waals surface area (Å²) in [6.07, 6.45) is 4.02. The lowest BCUT2D eigenvalue weighted by Crippen LogP contribution is -2.28. The van der Waals surface area contributed by atoms with Gasteiger partial charge in [-0.25, -0.2) is 0 Å². The number of nitrogens with one attached hydrogen (secondary N) is 1. The van der Waals surface area contributed by atoms with E-state index in [1.54, 1.807) is 17.1 Å². The molecule has 3 N–H and O–H groups in total. The van der Waals surface area contributed by atoms with Crippen LogP contribution >= 0.6 is 24.0 Å². The number of nitrogens with two attached hydrogens (primary N) is 1. The summed E-state index contributed by atoms with van der Waals surface area (Å²) in [5.41, 5.74) is 7.14. The van der Waals surface area contributed by atoms with E-state index in [-0.39, 0.29) is 24.4 Å². The molecule has 0 saturated heterocycles. The van der Waals surface area contributed by atoms with E-state index in [1.165, 1.54) is 0 Å². The van der Waals surface area contributed by atoms with Crippen molar-refractivity contribution < 1.29 is 4.79 Å². The zero-order chi connectivity index (χ0) is 15.2. The van der Waals surface area contributed by atoms with Crippen molar-refractivity contribution in [2.75, 3.05) is 6.54 Å². The standard InChI is InChI=1S/C15H19ClN4O.ClH/c1-11(17)6-7-18-15(21)13-8-19-20(10-13)9-12-4-2-3-5-14(12)16;/h2-5,8,10-11H,6-7,9,17H2,1H3,(H,18,21);1H. The van der Waals surface area contributed by atoms with Crippen LogP contribution in [0.15, 0.2) is 36.7 Å². The fraction of sp³-hybridized carbons (Fsp3) is 0.333. The molecule has 1 amide bonds. The highest BCUT2D eigenvalue weighted by Gasteiger charge is 2.09. The van der Waals surface area contributed by atoms with E-state index in [2.05, 4.69) is 10.4 Å². The van der Waals surface area contributed by atoms with E-state index in [1.807, 2.05) is 31.2 Å². The number of aromatic nitrogens is 2. The second-order valence-corrected chi connectivity index (χ2v) is 5.45. The molecule has 0 bridgehead atoms. The number of amides is 1. The molecular formula is C15H20Cl2N4O. The molecule has 1 aromatic carbocycles. The van der Waals surface area contributed by atoms with Gasteiger partial charge in [0.15, 0.2) is 0 Å². The lowest BCUT2D eigenvalue weighted by atomic mass is 10.2. The fourth-order valence-corrected chi connectivity index (χ4v) is 2.08. The van der Waals surface area contributed by atoms with E-state index >= 15 is 0 Å². The second kappa shape index (κ2) is 8.78. The minimum absolute atomic E-state index is 0. The third kappa shape index (κ3) is 5.33. The van der Waals surface area contributed by atoms with Crippen LogP contribution < -0.4 is 11.1 Å². The van der Waals surface area contributed by atoms with Gasteiger partial charge in [0.1, 0.15) is 0 Å². The van der Waals surface area contributed by atoms with Crippen LogP contribution in [0.1, 0.15) is 29.3 Å². The summed E-state index contributed by atoms with van der Waals surface area (Å²) in [6.45, 7) is 3.01. The molecule has 1 heterocycles. The first-order valence-corrected chi connectivity index (χ1v) is 7.23. The highest BCUT2D eigenvalue weighted by molar-refractivity contribution is 6.31. The van der Waals surface area contributed by atoms with Crippen molar-refractivity contribution in [1.29, 1.82) is 0 Å². The maximum Gasteiger partial charge on any atom is 0.254 e. The molecule has 22 heavy (non-hydrogen) atoms. The number of hydrogen-bond donors (Lipinski definition) is 2. The van der Waals surface area contributed by atoms with Gasteiger partial charge in [0.25, 0.3) is 5.91 Å². The lowest BCUT2D eigenvalue weighted by molar-refractivity contribution is 0.0952. The van der Waals surface area contributed by atoms with Crippen molar-refractivity contribution in [2.45, 2.75) is 25.9 Å². The van der Waals surface area contributed by atoms with E-state index in [9.17, 15) is 4.79 Å². The Hall–Kier alpha value is -1.56. The van der Waals surface area contributed by atoms with E-state index in [4.69, 9.17) is 17.3 Å². The lowest BCUT2D eigenvalue weighted by Gasteiger charge is -2.06. The summed E-state index contributed by atoms with van der Waals surface area (Å²) in [5, 5.41) is 7.70. The van der Waals surface area contributed by atoms with Crippen LogP contribution in [0.2, 0.25) is 5.02 Å². The number of carbonyl (C=O) groups is 1. The van der Waals surface area contributed by atoms with Gasteiger partial charge in [-0.15, -0.1) is 12.4 Å². The van der Waals surface area contributed by atoms with Gasteiger partial charge in [-0.1, -0.05) is 29.8 Å². The molecular weight excluding hydrogens is 323 g/mol. The maximum absolute atomic E-state index is 11.9. The van der Waals surface area contributed by atoms with Crippen molar-refractivity contribution in [3.63, 3.8) is 0 Å². The molecule has 0 aliphatic rings. The summed E-state index contributed by atoms with van der Waals surface area (Å²) in [7, 11) is 0. The van der Waals surface area contributed by atoms with Gasteiger partial charge in [-0.3, -0.25) is 9.48 Å². The molecule has 0 fully saturated rings. The first-order valence-electron chi connectivity index (χ1n) is 6.86. The van der Waals surface area contributed by atoms with Gasteiger partial charge in [0, 0.05) is 23.8 Å². The summed E-state index contributed by atoms with van der Waals surface area (Å²) in [6, 6.07) is 7.65. The van der Waals surface area contributed by atoms with Crippen molar-refractivity contribution in [1.82, 2.24) is 15.1 Å². The van der Waals surface area contributed by atoms with Crippen molar-refractivity contribution in [3.8, 4) is 0 Å². The monoisotopic (exact) mass is 342 g/mol. The van der Waals surface area contributed by atoms with Crippen molar-refractivity contribution >= 4 is 29.9 Å². The van der Waals surface area contributed by atoms with Gasteiger partial charge in [0.2, 0.25) is 0 Å². The topological polar surface area (TPSA) is 72.9 Å². The van der Waals surface area contributed by atoms with Crippen LogP contribution in [0.4, 0.5) is 0 Å². The van der Waals surface area contributed by atoms with Crippen LogP contribution in [0.5, 0.6) is 0 Å². The molecule has 2 aromatic rings. The first kappa shape index (κ1) is 18.5. The van der Waals surface area contributed by atoms with Gasteiger partial charge in [-0.05, 0) is 25.0 Å². The number of rotatable bonds is 6. The Balaban J connectivity index is 0.00000242. The van der Waals surface area contributed by atoms with Gasteiger partial charge >= 0.3 is 0 Å². The molecule has 2 rings (SSSR count). The Morgan fingerprint density at radius 2 is 2.18 bits per heavy atom. The molecule has 1 atom stereocenters. The van der Waals surface area contributed by atoms with Crippen molar-refractivity contribution in [2.24, 2.45) is 5.73 Å². The van der Waals surface area contributed by atoms with E-state index in [0.29, 0.717) is 23.7 Å². The van der Waals surface area contributed by atoms with Gasteiger partial charge in [0.05, 0.1) is 18.3 Å². The molecule has 5 nitrogen and oxygen atoms in total. The quantitative estimate of drug-likeness (QED) is 0.846. The predicted molar refractivity (Wildman–Crippen MR) is 90.6 cm³/mol. The number of halogens is 2.